The standard InChI is InChI=1S/C17H26N2O3/c1-21-15-5-3-14(4-6-15)12-19-9-7-13(8-10-19)11-16(18)17(20)22-2/h3-6,13,16H,7-12,18H2,1-2H3. The third-order valence-corrected chi connectivity index (χ3v) is 4.36. The Morgan fingerprint density at radius 1 is 1.27 bits per heavy atom. The summed E-state index contributed by atoms with van der Waals surface area (Å²) >= 11 is 0. The molecule has 1 atom stereocenters. The van der Waals surface area contributed by atoms with Crippen LogP contribution in [-0.4, -0.2) is 44.2 Å². The summed E-state index contributed by atoms with van der Waals surface area (Å²) in [4.78, 5) is 13.8. The molecule has 22 heavy (non-hydrogen) atoms. The van der Waals surface area contributed by atoms with Gasteiger partial charge in [-0.05, 0) is 56.0 Å². The first-order valence-corrected chi connectivity index (χ1v) is 7.81. The van der Waals surface area contributed by atoms with Gasteiger partial charge in [0.2, 0.25) is 0 Å². The lowest BCUT2D eigenvalue weighted by atomic mass is 9.90. The summed E-state index contributed by atoms with van der Waals surface area (Å²) in [7, 11) is 3.07. The summed E-state index contributed by atoms with van der Waals surface area (Å²) in [5.74, 6) is 1.10. The van der Waals surface area contributed by atoms with Crippen molar-refractivity contribution in [3.63, 3.8) is 0 Å². The summed E-state index contributed by atoms with van der Waals surface area (Å²) in [5.41, 5.74) is 7.14. The molecule has 0 aromatic heterocycles. The van der Waals surface area contributed by atoms with Crippen molar-refractivity contribution in [2.75, 3.05) is 27.3 Å². The number of methoxy groups -OCH3 is 2. The maximum Gasteiger partial charge on any atom is 0.322 e. The Hall–Kier alpha value is -1.59. The number of carbonyl (C=O) groups excluding carboxylic acids is 1. The zero-order valence-electron chi connectivity index (χ0n) is 13.5. The van der Waals surface area contributed by atoms with Gasteiger partial charge in [-0.2, -0.15) is 0 Å². The second-order valence-electron chi connectivity index (χ2n) is 5.93. The van der Waals surface area contributed by atoms with Gasteiger partial charge >= 0.3 is 5.97 Å². The SMILES string of the molecule is COC(=O)C(N)CC1CCN(Cc2ccc(OC)cc2)CC1. The minimum Gasteiger partial charge on any atom is -0.497 e. The first-order valence-electron chi connectivity index (χ1n) is 7.81. The van der Waals surface area contributed by atoms with E-state index in [0.29, 0.717) is 5.92 Å². The fraction of sp³-hybridized carbons (Fsp3) is 0.588. The number of esters is 1. The van der Waals surface area contributed by atoms with E-state index < -0.39 is 6.04 Å². The number of nitrogens with two attached hydrogens (primary N) is 1. The van der Waals surface area contributed by atoms with E-state index in [1.165, 1.54) is 12.7 Å². The minimum atomic E-state index is -0.483. The average Bonchev–Trinajstić information content (AvgIpc) is 2.56. The molecule has 122 valence electrons. The highest BCUT2D eigenvalue weighted by atomic mass is 16.5. The van der Waals surface area contributed by atoms with Crippen LogP contribution in [-0.2, 0) is 16.1 Å². The Kier molecular flexibility index (Phi) is 6.21. The molecule has 0 amide bonds. The van der Waals surface area contributed by atoms with Gasteiger partial charge in [-0.3, -0.25) is 9.69 Å². The second kappa shape index (κ2) is 8.15. The molecule has 1 saturated heterocycles. The van der Waals surface area contributed by atoms with Crippen LogP contribution in [0.15, 0.2) is 24.3 Å². The maximum atomic E-state index is 11.4. The molecule has 1 unspecified atom stereocenters. The van der Waals surface area contributed by atoms with E-state index in [1.807, 2.05) is 12.1 Å². The predicted octanol–water partition coefficient (Wildman–Crippen LogP) is 1.80. The lowest BCUT2D eigenvalue weighted by Gasteiger charge is -2.32. The molecular weight excluding hydrogens is 280 g/mol. The molecule has 1 aromatic rings. The highest BCUT2D eigenvalue weighted by molar-refractivity contribution is 5.75. The van der Waals surface area contributed by atoms with Crippen LogP contribution in [0.3, 0.4) is 0 Å². The van der Waals surface area contributed by atoms with Gasteiger partial charge in [0, 0.05) is 6.54 Å². The molecule has 0 saturated carbocycles. The van der Waals surface area contributed by atoms with Crippen LogP contribution in [0.4, 0.5) is 0 Å². The third kappa shape index (κ3) is 4.71. The molecule has 2 N–H and O–H groups in total. The van der Waals surface area contributed by atoms with Crippen molar-refractivity contribution in [1.29, 1.82) is 0 Å². The molecule has 2 rings (SSSR count). The highest BCUT2D eigenvalue weighted by Crippen LogP contribution is 2.23. The highest BCUT2D eigenvalue weighted by Gasteiger charge is 2.24. The summed E-state index contributed by atoms with van der Waals surface area (Å²) in [5, 5.41) is 0. The van der Waals surface area contributed by atoms with Crippen molar-refractivity contribution in [3.05, 3.63) is 29.8 Å². The van der Waals surface area contributed by atoms with Gasteiger partial charge in [0.15, 0.2) is 0 Å². The van der Waals surface area contributed by atoms with E-state index in [1.54, 1.807) is 7.11 Å². The van der Waals surface area contributed by atoms with Gasteiger partial charge in [0.1, 0.15) is 11.8 Å². The number of hydrogen-bond donors (Lipinski definition) is 1. The minimum absolute atomic E-state index is 0.305. The number of carbonyl (C=O) groups is 1. The van der Waals surface area contributed by atoms with Gasteiger partial charge in [-0.15, -0.1) is 0 Å². The number of nitrogens with zero attached hydrogens (tertiary/aromatic N) is 1. The van der Waals surface area contributed by atoms with Crippen LogP contribution >= 0.6 is 0 Å². The van der Waals surface area contributed by atoms with Gasteiger partial charge in [-0.1, -0.05) is 12.1 Å². The maximum absolute atomic E-state index is 11.4. The summed E-state index contributed by atoms with van der Waals surface area (Å²) in [6.45, 7) is 3.05. The fourth-order valence-electron chi connectivity index (χ4n) is 2.98. The van der Waals surface area contributed by atoms with Gasteiger partial charge in [-0.25, -0.2) is 0 Å². The molecule has 0 radical (unpaired) electrons. The van der Waals surface area contributed by atoms with Gasteiger partial charge in [0.05, 0.1) is 14.2 Å². The Morgan fingerprint density at radius 2 is 1.91 bits per heavy atom. The first-order chi connectivity index (χ1) is 10.6. The zero-order chi connectivity index (χ0) is 15.9. The number of rotatable bonds is 6. The van der Waals surface area contributed by atoms with Crippen molar-refractivity contribution in [1.82, 2.24) is 4.90 Å². The van der Waals surface area contributed by atoms with Crippen LogP contribution in [0, 0.1) is 5.92 Å². The van der Waals surface area contributed by atoms with Gasteiger partial charge < -0.3 is 15.2 Å². The van der Waals surface area contributed by atoms with E-state index in [-0.39, 0.29) is 5.97 Å². The van der Waals surface area contributed by atoms with Crippen molar-refractivity contribution >= 4 is 5.97 Å². The molecule has 1 aliphatic rings. The molecule has 5 heteroatoms. The summed E-state index contributed by atoms with van der Waals surface area (Å²) in [6.07, 6.45) is 2.89. The van der Waals surface area contributed by atoms with Crippen LogP contribution in [0.2, 0.25) is 0 Å². The van der Waals surface area contributed by atoms with Crippen molar-refractivity contribution in [3.8, 4) is 5.75 Å². The van der Waals surface area contributed by atoms with Crippen molar-refractivity contribution in [2.45, 2.75) is 31.8 Å². The third-order valence-electron chi connectivity index (χ3n) is 4.36. The van der Waals surface area contributed by atoms with E-state index in [4.69, 9.17) is 10.5 Å². The number of benzene rings is 1. The molecule has 1 fully saturated rings. The number of likely N-dealkylation sites (tertiary alicyclic amines) is 1. The lowest BCUT2D eigenvalue weighted by molar-refractivity contribution is -0.142. The van der Waals surface area contributed by atoms with Crippen molar-refractivity contribution < 1.29 is 14.3 Å². The lowest BCUT2D eigenvalue weighted by Crippen LogP contribution is -2.38. The topological polar surface area (TPSA) is 64.8 Å². The van der Waals surface area contributed by atoms with Crippen molar-refractivity contribution in [2.24, 2.45) is 11.7 Å². The fourth-order valence-corrected chi connectivity index (χ4v) is 2.98. The van der Waals surface area contributed by atoms with E-state index in [9.17, 15) is 4.79 Å². The molecule has 1 aromatic carbocycles. The molecule has 1 aliphatic heterocycles. The first kappa shape index (κ1) is 16.8. The monoisotopic (exact) mass is 306 g/mol. The number of piperidine rings is 1. The van der Waals surface area contributed by atoms with E-state index in [0.717, 1.165) is 44.6 Å². The molecule has 0 bridgehead atoms. The Balaban J connectivity index is 1.75. The normalized spacial score (nSPS) is 18.0. The van der Waals surface area contributed by atoms with Crippen LogP contribution in [0.5, 0.6) is 5.75 Å². The molecule has 0 aliphatic carbocycles. The Labute approximate surface area is 132 Å². The quantitative estimate of drug-likeness (QED) is 0.812. The zero-order valence-corrected chi connectivity index (χ0v) is 13.5. The average molecular weight is 306 g/mol. The molecule has 5 nitrogen and oxygen atoms in total. The summed E-state index contributed by atoms with van der Waals surface area (Å²) < 4.78 is 9.86. The predicted molar refractivity (Wildman–Crippen MR) is 85.6 cm³/mol. The molecular formula is C17H26N2O3. The summed E-state index contributed by atoms with van der Waals surface area (Å²) in [6, 6.07) is 7.73. The molecule has 1 heterocycles. The van der Waals surface area contributed by atoms with Gasteiger partial charge in [0.25, 0.3) is 0 Å². The number of ether oxygens (including phenoxy) is 2. The number of hydrogen-bond acceptors (Lipinski definition) is 5. The van der Waals surface area contributed by atoms with E-state index >= 15 is 0 Å². The second-order valence-corrected chi connectivity index (χ2v) is 5.93. The Bertz CT molecular complexity index is 467. The van der Waals surface area contributed by atoms with Crippen LogP contribution in [0.1, 0.15) is 24.8 Å². The molecule has 0 spiro atoms. The van der Waals surface area contributed by atoms with E-state index in [2.05, 4.69) is 21.8 Å². The Morgan fingerprint density at radius 3 is 2.45 bits per heavy atom. The van der Waals surface area contributed by atoms with Crippen LogP contribution in [0.25, 0.3) is 0 Å². The van der Waals surface area contributed by atoms with Crippen LogP contribution < -0.4 is 10.5 Å². The smallest absolute Gasteiger partial charge is 0.322 e. The largest absolute Gasteiger partial charge is 0.497 e.